The maximum Gasteiger partial charge on any atom is 0.248 e. The van der Waals surface area contributed by atoms with Gasteiger partial charge < -0.3 is 15.2 Å². The lowest BCUT2D eigenvalue weighted by Crippen LogP contribution is -2.45. The van der Waals surface area contributed by atoms with Crippen molar-refractivity contribution in [1.29, 1.82) is 0 Å². The minimum Gasteiger partial charge on any atom is -0.357 e. The van der Waals surface area contributed by atoms with Gasteiger partial charge >= 0.3 is 0 Å². The van der Waals surface area contributed by atoms with E-state index in [-0.39, 0.29) is 24.0 Å². The standard InChI is InChI=1S/C20H31ClN6O.HI/c1-6-22-20(23-10-11-27(14(2)3)15(4)5)24-13-18-25-19(26-28-18)16-8-7-9-17(21)12-16;/h7-9,12,14-15H,6,10-11,13H2,1-5H3,(H2,22,23,24);1H. The molecule has 0 bridgehead atoms. The molecule has 0 unspecified atom stereocenters. The number of benzene rings is 1. The summed E-state index contributed by atoms with van der Waals surface area (Å²) in [7, 11) is 0. The Morgan fingerprint density at radius 2 is 1.93 bits per heavy atom. The maximum absolute atomic E-state index is 6.02. The normalized spacial score (nSPS) is 11.8. The van der Waals surface area contributed by atoms with Crippen LogP contribution < -0.4 is 10.6 Å². The zero-order valence-corrected chi connectivity index (χ0v) is 20.9. The van der Waals surface area contributed by atoms with Gasteiger partial charge in [0.2, 0.25) is 11.7 Å². The molecule has 2 N–H and O–H groups in total. The van der Waals surface area contributed by atoms with Gasteiger partial charge in [-0.05, 0) is 46.8 Å². The lowest BCUT2D eigenvalue weighted by atomic mass is 10.2. The Morgan fingerprint density at radius 1 is 1.21 bits per heavy atom. The molecule has 1 aromatic carbocycles. The van der Waals surface area contributed by atoms with Crippen molar-refractivity contribution in [2.75, 3.05) is 19.6 Å². The first-order chi connectivity index (χ1) is 13.4. The number of hydrogen-bond donors (Lipinski definition) is 2. The van der Waals surface area contributed by atoms with Gasteiger partial charge in [-0.2, -0.15) is 4.98 Å². The van der Waals surface area contributed by atoms with Gasteiger partial charge in [0.05, 0.1) is 0 Å². The summed E-state index contributed by atoms with van der Waals surface area (Å²) >= 11 is 6.02. The fourth-order valence-electron chi connectivity index (χ4n) is 2.97. The Morgan fingerprint density at radius 3 is 2.55 bits per heavy atom. The third-order valence-electron chi connectivity index (χ3n) is 4.26. The van der Waals surface area contributed by atoms with Crippen LogP contribution in [0.4, 0.5) is 0 Å². The summed E-state index contributed by atoms with van der Waals surface area (Å²) in [5, 5.41) is 11.3. The molecule has 2 aromatic rings. The van der Waals surface area contributed by atoms with Crippen LogP contribution in [-0.4, -0.2) is 52.7 Å². The number of guanidine groups is 1. The largest absolute Gasteiger partial charge is 0.357 e. The second-order valence-electron chi connectivity index (χ2n) is 7.07. The quantitative estimate of drug-likeness (QED) is 0.285. The third-order valence-corrected chi connectivity index (χ3v) is 4.49. The predicted molar refractivity (Wildman–Crippen MR) is 130 cm³/mol. The summed E-state index contributed by atoms with van der Waals surface area (Å²) in [4.78, 5) is 11.4. The van der Waals surface area contributed by atoms with Crippen LogP contribution in [0.15, 0.2) is 33.8 Å². The Balaban J connectivity index is 0.00000420. The van der Waals surface area contributed by atoms with Crippen molar-refractivity contribution in [3.8, 4) is 11.4 Å². The highest BCUT2D eigenvalue weighted by atomic mass is 127. The molecule has 0 aliphatic rings. The van der Waals surface area contributed by atoms with E-state index in [4.69, 9.17) is 16.1 Å². The lowest BCUT2D eigenvalue weighted by Gasteiger charge is -2.30. The van der Waals surface area contributed by atoms with Crippen LogP contribution in [0.2, 0.25) is 5.02 Å². The molecule has 0 amide bonds. The van der Waals surface area contributed by atoms with Crippen molar-refractivity contribution in [2.45, 2.75) is 53.2 Å². The minimum absolute atomic E-state index is 0. The average molecular weight is 535 g/mol. The molecule has 1 aromatic heterocycles. The zero-order chi connectivity index (χ0) is 20.5. The summed E-state index contributed by atoms with van der Waals surface area (Å²) < 4.78 is 5.32. The number of hydrogen-bond acceptors (Lipinski definition) is 5. The fraction of sp³-hybridized carbons (Fsp3) is 0.550. The number of aliphatic imine (C=N–C) groups is 1. The van der Waals surface area contributed by atoms with E-state index in [0.717, 1.165) is 31.2 Å². The number of halogens is 2. The van der Waals surface area contributed by atoms with Gasteiger partial charge in [-0.1, -0.05) is 28.9 Å². The molecule has 0 aliphatic carbocycles. The van der Waals surface area contributed by atoms with E-state index in [1.54, 1.807) is 6.07 Å². The predicted octanol–water partition coefficient (Wildman–Crippen LogP) is 4.18. The van der Waals surface area contributed by atoms with Crippen molar-refractivity contribution in [1.82, 2.24) is 25.7 Å². The second-order valence-corrected chi connectivity index (χ2v) is 7.51. The van der Waals surface area contributed by atoms with E-state index < -0.39 is 0 Å². The number of nitrogens with zero attached hydrogens (tertiary/aromatic N) is 4. The molecule has 0 saturated carbocycles. The van der Waals surface area contributed by atoms with Crippen LogP contribution in [0, 0.1) is 0 Å². The molecule has 2 rings (SSSR count). The first-order valence-electron chi connectivity index (χ1n) is 9.77. The summed E-state index contributed by atoms with van der Waals surface area (Å²) in [5.41, 5.74) is 0.818. The minimum atomic E-state index is 0. The number of rotatable bonds is 9. The molecular formula is C20H32ClIN6O. The molecular weight excluding hydrogens is 503 g/mol. The second kappa shape index (κ2) is 13.0. The average Bonchev–Trinajstić information content (AvgIpc) is 3.11. The van der Waals surface area contributed by atoms with Crippen LogP contribution in [0.1, 0.15) is 40.5 Å². The molecule has 29 heavy (non-hydrogen) atoms. The molecule has 0 spiro atoms. The smallest absolute Gasteiger partial charge is 0.248 e. The Bertz CT molecular complexity index is 757. The van der Waals surface area contributed by atoms with Gasteiger partial charge in [0.25, 0.3) is 0 Å². The van der Waals surface area contributed by atoms with Gasteiger partial charge in [-0.15, -0.1) is 24.0 Å². The van der Waals surface area contributed by atoms with Gasteiger partial charge in [-0.3, -0.25) is 4.90 Å². The Kier molecular flexibility index (Phi) is 11.5. The van der Waals surface area contributed by atoms with Gasteiger partial charge in [0.15, 0.2) is 5.96 Å². The molecule has 7 nitrogen and oxygen atoms in total. The molecule has 0 saturated heterocycles. The zero-order valence-electron chi connectivity index (χ0n) is 17.8. The summed E-state index contributed by atoms with van der Waals surface area (Å²) in [5.74, 6) is 1.70. The van der Waals surface area contributed by atoms with Crippen molar-refractivity contribution < 1.29 is 4.52 Å². The van der Waals surface area contributed by atoms with E-state index in [2.05, 4.69) is 58.4 Å². The fourth-order valence-corrected chi connectivity index (χ4v) is 3.16. The monoisotopic (exact) mass is 534 g/mol. The highest BCUT2D eigenvalue weighted by molar-refractivity contribution is 14.0. The molecule has 9 heteroatoms. The molecule has 0 atom stereocenters. The summed E-state index contributed by atoms with van der Waals surface area (Å²) in [6, 6.07) is 8.38. The Labute approximate surface area is 195 Å². The van der Waals surface area contributed by atoms with Crippen LogP contribution in [0.3, 0.4) is 0 Å². The number of nitrogens with one attached hydrogen (secondary N) is 2. The Hall–Kier alpha value is -1.39. The van der Waals surface area contributed by atoms with Gasteiger partial charge in [0.1, 0.15) is 6.54 Å². The van der Waals surface area contributed by atoms with Crippen molar-refractivity contribution in [3.63, 3.8) is 0 Å². The van der Waals surface area contributed by atoms with E-state index >= 15 is 0 Å². The highest BCUT2D eigenvalue weighted by Crippen LogP contribution is 2.20. The topological polar surface area (TPSA) is 78.6 Å². The SMILES string of the molecule is CCNC(=NCc1nc(-c2cccc(Cl)c2)no1)NCCN(C(C)C)C(C)C.I. The number of aromatic nitrogens is 2. The molecule has 0 radical (unpaired) electrons. The molecule has 0 aliphatic heterocycles. The van der Waals surface area contributed by atoms with Crippen LogP contribution >= 0.6 is 35.6 Å². The summed E-state index contributed by atoms with van der Waals surface area (Å²) in [6.07, 6.45) is 0. The maximum atomic E-state index is 6.02. The van der Waals surface area contributed by atoms with Crippen molar-refractivity contribution in [3.05, 3.63) is 35.2 Å². The lowest BCUT2D eigenvalue weighted by molar-refractivity contribution is 0.178. The first kappa shape index (κ1) is 25.6. The molecule has 162 valence electrons. The van der Waals surface area contributed by atoms with Gasteiger partial charge in [0, 0.05) is 42.3 Å². The highest BCUT2D eigenvalue weighted by Gasteiger charge is 2.13. The van der Waals surface area contributed by atoms with Gasteiger partial charge in [-0.25, -0.2) is 4.99 Å². The van der Waals surface area contributed by atoms with Crippen LogP contribution in [0.25, 0.3) is 11.4 Å². The molecule has 0 fully saturated rings. The van der Waals surface area contributed by atoms with Crippen molar-refractivity contribution >= 4 is 41.5 Å². The van der Waals surface area contributed by atoms with E-state index in [1.165, 1.54) is 0 Å². The van der Waals surface area contributed by atoms with Crippen LogP contribution in [0.5, 0.6) is 0 Å². The van der Waals surface area contributed by atoms with Crippen LogP contribution in [-0.2, 0) is 6.54 Å². The third kappa shape index (κ3) is 8.47. The van der Waals surface area contributed by atoms with Crippen molar-refractivity contribution in [2.24, 2.45) is 4.99 Å². The van der Waals surface area contributed by atoms with E-state index in [9.17, 15) is 0 Å². The summed E-state index contributed by atoms with van der Waals surface area (Å²) in [6.45, 7) is 13.7. The van der Waals surface area contributed by atoms with E-state index in [0.29, 0.717) is 35.4 Å². The molecule has 1 heterocycles. The first-order valence-corrected chi connectivity index (χ1v) is 10.1. The van der Waals surface area contributed by atoms with E-state index in [1.807, 2.05) is 25.1 Å².